The molecule has 0 aliphatic heterocycles. The third-order valence-corrected chi connectivity index (χ3v) is 2.66. The van der Waals surface area contributed by atoms with Gasteiger partial charge >= 0.3 is 0 Å². The van der Waals surface area contributed by atoms with Crippen molar-refractivity contribution in [3.8, 4) is 0 Å². The Kier molecular flexibility index (Phi) is 3.74. The normalized spacial score (nSPS) is 10.4. The maximum atomic E-state index is 10.9. The van der Waals surface area contributed by atoms with Crippen molar-refractivity contribution < 1.29 is 4.92 Å². The van der Waals surface area contributed by atoms with Gasteiger partial charge in [0.2, 0.25) is 0 Å². The van der Waals surface area contributed by atoms with Gasteiger partial charge in [0.05, 0.1) is 4.92 Å². The van der Waals surface area contributed by atoms with Crippen molar-refractivity contribution in [1.82, 2.24) is 14.8 Å². The monoisotopic (exact) mass is 261 g/mol. The van der Waals surface area contributed by atoms with Crippen LogP contribution < -0.4 is 5.32 Å². The Balaban J connectivity index is 2.01. The first-order valence-electron chi connectivity index (χ1n) is 5.89. The first kappa shape index (κ1) is 13.0. The maximum Gasteiger partial charge on any atom is 0.292 e. The van der Waals surface area contributed by atoms with Gasteiger partial charge in [0, 0.05) is 26.1 Å². The van der Waals surface area contributed by atoms with E-state index >= 15 is 0 Å². The molecule has 2 aromatic rings. The van der Waals surface area contributed by atoms with Gasteiger partial charge in [-0.3, -0.25) is 14.8 Å². The molecular weight excluding hydrogens is 246 g/mol. The molecule has 0 aliphatic rings. The number of anilines is 1. The summed E-state index contributed by atoms with van der Waals surface area (Å²) >= 11 is 0. The molecule has 0 unspecified atom stereocenters. The Morgan fingerprint density at radius 2 is 2.26 bits per heavy atom. The molecule has 0 fully saturated rings. The quantitative estimate of drug-likeness (QED) is 0.653. The zero-order valence-electron chi connectivity index (χ0n) is 10.8. The van der Waals surface area contributed by atoms with Crippen LogP contribution in [0.4, 0.5) is 11.4 Å². The van der Waals surface area contributed by atoms with Gasteiger partial charge in [0.25, 0.3) is 5.69 Å². The molecule has 0 radical (unpaired) electrons. The first-order chi connectivity index (χ1) is 9.06. The lowest BCUT2D eigenvalue weighted by molar-refractivity contribution is -0.384. The number of hydrogen-bond donors (Lipinski definition) is 1. The molecule has 1 N–H and O–H groups in total. The van der Waals surface area contributed by atoms with E-state index in [0.717, 1.165) is 5.56 Å². The molecule has 19 heavy (non-hydrogen) atoms. The van der Waals surface area contributed by atoms with Crippen LogP contribution >= 0.6 is 0 Å². The fourth-order valence-electron chi connectivity index (χ4n) is 1.75. The zero-order valence-corrected chi connectivity index (χ0v) is 10.8. The number of nitrogens with one attached hydrogen (secondary N) is 1. The van der Waals surface area contributed by atoms with Crippen LogP contribution in [-0.4, -0.2) is 26.2 Å². The molecule has 0 amide bonds. The van der Waals surface area contributed by atoms with Crippen molar-refractivity contribution in [2.24, 2.45) is 7.05 Å². The lowest BCUT2D eigenvalue weighted by atomic mass is 10.2. The van der Waals surface area contributed by atoms with E-state index in [-0.39, 0.29) is 10.6 Å². The van der Waals surface area contributed by atoms with Gasteiger partial charge in [0.1, 0.15) is 12.0 Å². The highest BCUT2D eigenvalue weighted by molar-refractivity contribution is 5.62. The van der Waals surface area contributed by atoms with Gasteiger partial charge in [-0.2, -0.15) is 5.10 Å². The predicted molar refractivity (Wildman–Crippen MR) is 71.0 cm³/mol. The molecule has 7 nitrogen and oxygen atoms in total. The maximum absolute atomic E-state index is 10.9. The average Bonchev–Trinajstić information content (AvgIpc) is 2.77. The van der Waals surface area contributed by atoms with Crippen LogP contribution in [0.2, 0.25) is 0 Å². The number of benzene rings is 1. The Bertz CT molecular complexity index is 594. The van der Waals surface area contributed by atoms with Crippen molar-refractivity contribution in [1.29, 1.82) is 0 Å². The van der Waals surface area contributed by atoms with E-state index in [9.17, 15) is 10.1 Å². The Morgan fingerprint density at radius 3 is 2.89 bits per heavy atom. The third kappa shape index (κ3) is 3.27. The minimum absolute atomic E-state index is 0.0916. The van der Waals surface area contributed by atoms with Crippen molar-refractivity contribution in [3.05, 3.63) is 46.0 Å². The number of nitrogens with zero attached hydrogens (tertiary/aromatic N) is 4. The van der Waals surface area contributed by atoms with Gasteiger partial charge in [-0.25, -0.2) is 4.98 Å². The van der Waals surface area contributed by atoms with E-state index in [1.54, 1.807) is 30.2 Å². The molecule has 7 heteroatoms. The first-order valence-corrected chi connectivity index (χ1v) is 5.89. The smallest absolute Gasteiger partial charge is 0.292 e. The van der Waals surface area contributed by atoms with Crippen molar-refractivity contribution >= 4 is 11.4 Å². The van der Waals surface area contributed by atoms with Crippen LogP contribution in [0.15, 0.2) is 24.5 Å². The van der Waals surface area contributed by atoms with Crippen LogP contribution in [0, 0.1) is 17.0 Å². The zero-order chi connectivity index (χ0) is 13.8. The Morgan fingerprint density at radius 1 is 1.47 bits per heavy atom. The highest BCUT2D eigenvalue weighted by atomic mass is 16.6. The fraction of sp³-hybridized carbons (Fsp3) is 0.333. The van der Waals surface area contributed by atoms with E-state index in [0.29, 0.717) is 24.5 Å². The average molecular weight is 261 g/mol. The molecule has 2 rings (SSSR count). The Hall–Kier alpha value is -2.44. The Labute approximate surface area is 110 Å². The van der Waals surface area contributed by atoms with Crippen LogP contribution in [0.1, 0.15) is 11.4 Å². The van der Waals surface area contributed by atoms with Crippen molar-refractivity contribution in [3.63, 3.8) is 0 Å². The molecule has 1 aromatic carbocycles. The van der Waals surface area contributed by atoms with Gasteiger partial charge in [-0.15, -0.1) is 0 Å². The highest BCUT2D eigenvalue weighted by Gasteiger charge is 2.13. The lowest BCUT2D eigenvalue weighted by Gasteiger charge is -2.06. The lowest BCUT2D eigenvalue weighted by Crippen LogP contribution is -2.08. The second-order valence-corrected chi connectivity index (χ2v) is 4.29. The number of nitro benzene ring substituents is 1. The molecule has 1 heterocycles. The van der Waals surface area contributed by atoms with E-state index < -0.39 is 0 Å². The van der Waals surface area contributed by atoms with Crippen molar-refractivity contribution in [2.75, 3.05) is 11.9 Å². The summed E-state index contributed by atoms with van der Waals surface area (Å²) in [5.74, 6) is 0.713. The molecule has 0 atom stereocenters. The minimum atomic E-state index is -0.381. The van der Waals surface area contributed by atoms with E-state index in [1.165, 1.54) is 0 Å². The summed E-state index contributed by atoms with van der Waals surface area (Å²) in [5, 5.41) is 18.1. The molecule has 0 saturated heterocycles. The van der Waals surface area contributed by atoms with Crippen LogP contribution in [-0.2, 0) is 13.5 Å². The summed E-state index contributed by atoms with van der Waals surface area (Å²) in [6.07, 6.45) is 2.25. The minimum Gasteiger partial charge on any atom is -0.379 e. The number of aryl methyl sites for hydroxylation is 2. The number of rotatable bonds is 5. The number of aromatic nitrogens is 3. The summed E-state index contributed by atoms with van der Waals surface area (Å²) < 4.78 is 1.63. The predicted octanol–water partition coefficient (Wildman–Crippen LogP) is 1.69. The van der Waals surface area contributed by atoms with E-state index in [1.807, 2.05) is 13.0 Å². The second kappa shape index (κ2) is 5.47. The molecule has 0 bridgehead atoms. The molecule has 100 valence electrons. The van der Waals surface area contributed by atoms with E-state index in [2.05, 4.69) is 15.4 Å². The highest BCUT2D eigenvalue weighted by Crippen LogP contribution is 2.24. The number of hydrogen-bond acceptors (Lipinski definition) is 5. The molecule has 0 spiro atoms. The molecular formula is C12H15N5O2. The van der Waals surface area contributed by atoms with E-state index in [4.69, 9.17) is 0 Å². The van der Waals surface area contributed by atoms with Crippen LogP contribution in [0.5, 0.6) is 0 Å². The summed E-state index contributed by atoms with van der Waals surface area (Å²) in [6, 6.07) is 5.12. The SMILES string of the molecule is Cc1ccc(NCCc2ncn(C)n2)c([N+](=O)[O-])c1. The molecule has 0 saturated carbocycles. The topological polar surface area (TPSA) is 85.9 Å². The second-order valence-electron chi connectivity index (χ2n) is 4.29. The summed E-state index contributed by atoms with van der Waals surface area (Å²) in [4.78, 5) is 14.7. The third-order valence-electron chi connectivity index (χ3n) is 2.66. The number of nitro groups is 1. The van der Waals surface area contributed by atoms with Gasteiger partial charge < -0.3 is 5.32 Å². The van der Waals surface area contributed by atoms with Gasteiger partial charge in [-0.1, -0.05) is 6.07 Å². The molecule has 0 aliphatic carbocycles. The molecule has 1 aromatic heterocycles. The largest absolute Gasteiger partial charge is 0.379 e. The summed E-state index contributed by atoms with van der Waals surface area (Å²) in [7, 11) is 1.80. The standard InChI is InChI=1S/C12H15N5O2/c1-9-3-4-10(11(7-9)17(18)19)13-6-5-12-14-8-16(2)15-12/h3-4,7-8,13H,5-6H2,1-2H3. The van der Waals surface area contributed by atoms with Crippen LogP contribution in [0.3, 0.4) is 0 Å². The summed E-state index contributed by atoms with van der Waals surface area (Å²) in [6.45, 7) is 2.38. The van der Waals surface area contributed by atoms with Crippen LogP contribution in [0.25, 0.3) is 0 Å². The summed E-state index contributed by atoms with van der Waals surface area (Å²) in [5.41, 5.74) is 1.48. The van der Waals surface area contributed by atoms with Crippen molar-refractivity contribution in [2.45, 2.75) is 13.3 Å². The fourth-order valence-corrected chi connectivity index (χ4v) is 1.75. The van der Waals surface area contributed by atoms with Gasteiger partial charge in [0.15, 0.2) is 5.82 Å². The van der Waals surface area contributed by atoms with Gasteiger partial charge in [-0.05, 0) is 18.6 Å².